The summed E-state index contributed by atoms with van der Waals surface area (Å²) in [6.07, 6.45) is -0.0713. The molecule has 6 nitrogen and oxygen atoms in total. The van der Waals surface area contributed by atoms with Gasteiger partial charge in [0.15, 0.2) is 0 Å². The zero-order chi connectivity index (χ0) is 12.8. The molecule has 0 bridgehead atoms. The average Bonchev–Trinajstić information content (AvgIpc) is 2.93. The molecule has 4 unspecified atom stereocenters. The van der Waals surface area contributed by atoms with E-state index in [0.717, 1.165) is 6.42 Å². The third-order valence-electron chi connectivity index (χ3n) is 3.18. The van der Waals surface area contributed by atoms with Gasteiger partial charge in [0.05, 0.1) is 26.4 Å². The summed E-state index contributed by atoms with van der Waals surface area (Å²) >= 11 is 0. The van der Waals surface area contributed by atoms with Crippen LogP contribution in [0.3, 0.4) is 0 Å². The Morgan fingerprint density at radius 1 is 1.06 bits per heavy atom. The van der Waals surface area contributed by atoms with Crippen LogP contribution in [-0.4, -0.2) is 76.3 Å². The standard InChI is InChI=1S/C12H22O6/c1-14-3-2-4-15-5-6-16-10-8-18-11-9(13)7-17-12(10)11/h9-13H,2-8H2,1H3. The normalized spacial score (nSPS) is 35.0. The van der Waals surface area contributed by atoms with E-state index in [1.807, 2.05) is 0 Å². The Balaban J connectivity index is 1.52. The lowest BCUT2D eigenvalue weighted by atomic mass is 10.1. The van der Waals surface area contributed by atoms with Crippen molar-refractivity contribution in [1.82, 2.24) is 0 Å². The van der Waals surface area contributed by atoms with Crippen LogP contribution >= 0.6 is 0 Å². The average molecular weight is 262 g/mol. The van der Waals surface area contributed by atoms with Crippen molar-refractivity contribution in [3.05, 3.63) is 0 Å². The summed E-state index contributed by atoms with van der Waals surface area (Å²) in [5.41, 5.74) is 0. The van der Waals surface area contributed by atoms with Crippen LogP contribution in [0.15, 0.2) is 0 Å². The predicted molar refractivity (Wildman–Crippen MR) is 62.5 cm³/mol. The van der Waals surface area contributed by atoms with Crippen molar-refractivity contribution in [1.29, 1.82) is 0 Å². The maximum atomic E-state index is 9.57. The molecular formula is C12H22O6. The minimum atomic E-state index is -0.520. The maximum Gasteiger partial charge on any atom is 0.115 e. The van der Waals surface area contributed by atoms with E-state index in [9.17, 15) is 5.11 Å². The van der Waals surface area contributed by atoms with Crippen LogP contribution in [0.1, 0.15) is 6.42 Å². The lowest BCUT2D eigenvalue weighted by Gasteiger charge is -2.16. The molecule has 1 N–H and O–H groups in total. The molecular weight excluding hydrogens is 240 g/mol. The zero-order valence-corrected chi connectivity index (χ0v) is 10.7. The Labute approximate surface area is 107 Å². The second-order valence-corrected chi connectivity index (χ2v) is 4.53. The van der Waals surface area contributed by atoms with E-state index in [4.69, 9.17) is 23.7 Å². The molecule has 0 aromatic rings. The molecule has 2 fully saturated rings. The quantitative estimate of drug-likeness (QED) is 0.600. The molecule has 2 aliphatic rings. The highest BCUT2D eigenvalue weighted by Gasteiger charge is 2.47. The van der Waals surface area contributed by atoms with Crippen LogP contribution in [0.2, 0.25) is 0 Å². The first-order valence-electron chi connectivity index (χ1n) is 6.42. The van der Waals surface area contributed by atoms with Gasteiger partial charge in [-0.25, -0.2) is 0 Å². The van der Waals surface area contributed by atoms with Gasteiger partial charge in [-0.1, -0.05) is 0 Å². The number of aliphatic hydroxyl groups is 1. The molecule has 6 heteroatoms. The molecule has 0 spiro atoms. The van der Waals surface area contributed by atoms with Crippen molar-refractivity contribution in [2.24, 2.45) is 0 Å². The second kappa shape index (κ2) is 7.37. The van der Waals surface area contributed by atoms with Crippen molar-refractivity contribution < 1.29 is 28.8 Å². The van der Waals surface area contributed by atoms with E-state index < -0.39 is 6.10 Å². The van der Waals surface area contributed by atoms with Gasteiger partial charge in [0.2, 0.25) is 0 Å². The smallest absolute Gasteiger partial charge is 0.115 e. The van der Waals surface area contributed by atoms with Gasteiger partial charge in [-0.15, -0.1) is 0 Å². The van der Waals surface area contributed by atoms with Gasteiger partial charge in [-0.05, 0) is 6.42 Å². The van der Waals surface area contributed by atoms with Gasteiger partial charge in [-0.3, -0.25) is 0 Å². The van der Waals surface area contributed by atoms with Crippen molar-refractivity contribution in [2.75, 3.05) is 46.8 Å². The van der Waals surface area contributed by atoms with E-state index in [0.29, 0.717) is 39.6 Å². The number of aliphatic hydroxyl groups excluding tert-OH is 1. The summed E-state index contributed by atoms with van der Waals surface area (Å²) in [6.45, 7) is 3.29. The zero-order valence-electron chi connectivity index (χ0n) is 10.7. The third kappa shape index (κ3) is 3.63. The fourth-order valence-electron chi connectivity index (χ4n) is 2.25. The van der Waals surface area contributed by atoms with E-state index in [1.54, 1.807) is 7.11 Å². The van der Waals surface area contributed by atoms with Gasteiger partial charge < -0.3 is 28.8 Å². The van der Waals surface area contributed by atoms with Gasteiger partial charge in [0.25, 0.3) is 0 Å². The third-order valence-corrected chi connectivity index (χ3v) is 3.18. The van der Waals surface area contributed by atoms with Crippen molar-refractivity contribution in [2.45, 2.75) is 30.8 Å². The molecule has 106 valence electrons. The van der Waals surface area contributed by atoms with Crippen LogP contribution < -0.4 is 0 Å². The van der Waals surface area contributed by atoms with Crippen molar-refractivity contribution in [3.63, 3.8) is 0 Å². The number of ether oxygens (including phenoxy) is 5. The highest BCUT2D eigenvalue weighted by Crippen LogP contribution is 2.28. The molecule has 0 aliphatic carbocycles. The van der Waals surface area contributed by atoms with E-state index in [2.05, 4.69) is 0 Å². The first-order valence-corrected chi connectivity index (χ1v) is 6.42. The molecule has 0 aromatic heterocycles. The van der Waals surface area contributed by atoms with Crippen LogP contribution in [0.5, 0.6) is 0 Å². The fraction of sp³-hybridized carbons (Fsp3) is 1.00. The Morgan fingerprint density at radius 2 is 1.89 bits per heavy atom. The number of methoxy groups -OCH3 is 1. The monoisotopic (exact) mass is 262 g/mol. The molecule has 0 saturated carbocycles. The summed E-state index contributed by atoms with van der Waals surface area (Å²) in [5, 5.41) is 9.57. The first kappa shape index (κ1) is 14.2. The highest BCUT2D eigenvalue weighted by atomic mass is 16.6. The summed E-state index contributed by atoms with van der Waals surface area (Å²) in [4.78, 5) is 0. The highest BCUT2D eigenvalue weighted by molar-refractivity contribution is 4.94. The Bertz CT molecular complexity index is 237. The molecule has 4 atom stereocenters. The number of rotatable bonds is 8. The van der Waals surface area contributed by atoms with Crippen LogP contribution in [0.25, 0.3) is 0 Å². The fourth-order valence-corrected chi connectivity index (χ4v) is 2.25. The Kier molecular flexibility index (Phi) is 5.81. The predicted octanol–water partition coefficient (Wildman–Crippen LogP) is -0.417. The maximum absolute atomic E-state index is 9.57. The molecule has 18 heavy (non-hydrogen) atoms. The molecule has 2 heterocycles. The largest absolute Gasteiger partial charge is 0.388 e. The minimum absolute atomic E-state index is 0.0882. The van der Waals surface area contributed by atoms with Crippen molar-refractivity contribution in [3.8, 4) is 0 Å². The number of fused-ring (bicyclic) bond motifs is 1. The van der Waals surface area contributed by atoms with E-state index >= 15 is 0 Å². The molecule has 0 aromatic carbocycles. The summed E-state index contributed by atoms with van der Waals surface area (Å²) < 4.78 is 26.9. The van der Waals surface area contributed by atoms with E-state index in [1.165, 1.54) is 0 Å². The number of hydrogen-bond acceptors (Lipinski definition) is 6. The van der Waals surface area contributed by atoms with Crippen LogP contribution in [0.4, 0.5) is 0 Å². The lowest BCUT2D eigenvalue weighted by molar-refractivity contribution is -0.0541. The molecule has 2 aliphatic heterocycles. The van der Waals surface area contributed by atoms with Crippen LogP contribution in [0, 0.1) is 0 Å². The number of hydrogen-bond donors (Lipinski definition) is 1. The van der Waals surface area contributed by atoms with Crippen LogP contribution in [-0.2, 0) is 23.7 Å². The lowest BCUT2D eigenvalue weighted by Crippen LogP contribution is -2.33. The second-order valence-electron chi connectivity index (χ2n) is 4.53. The Morgan fingerprint density at radius 3 is 2.72 bits per heavy atom. The summed E-state index contributed by atoms with van der Waals surface area (Å²) in [5.74, 6) is 0. The van der Waals surface area contributed by atoms with E-state index in [-0.39, 0.29) is 18.3 Å². The SMILES string of the molecule is COCCCOCCOC1COC2C(O)COC12. The molecule has 0 amide bonds. The first-order chi connectivity index (χ1) is 8.83. The molecule has 2 rings (SSSR count). The topological polar surface area (TPSA) is 66.4 Å². The molecule has 2 saturated heterocycles. The minimum Gasteiger partial charge on any atom is -0.388 e. The van der Waals surface area contributed by atoms with Gasteiger partial charge in [-0.2, -0.15) is 0 Å². The Hall–Kier alpha value is -0.240. The van der Waals surface area contributed by atoms with Gasteiger partial charge >= 0.3 is 0 Å². The molecule has 0 radical (unpaired) electrons. The van der Waals surface area contributed by atoms with Gasteiger partial charge in [0.1, 0.15) is 24.4 Å². The van der Waals surface area contributed by atoms with Gasteiger partial charge in [0, 0.05) is 20.3 Å². The summed E-state index contributed by atoms with van der Waals surface area (Å²) in [7, 11) is 1.68. The summed E-state index contributed by atoms with van der Waals surface area (Å²) in [6, 6.07) is 0. The van der Waals surface area contributed by atoms with Crippen molar-refractivity contribution >= 4 is 0 Å².